The van der Waals surface area contributed by atoms with Crippen LogP contribution in [0.4, 0.5) is 0 Å². The summed E-state index contributed by atoms with van der Waals surface area (Å²) in [6.45, 7) is 5.78. The number of rotatable bonds is 2. The lowest BCUT2D eigenvalue weighted by molar-refractivity contribution is 0.101. The van der Waals surface area contributed by atoms with Gasteiger partial charge in [-0.1, -0.05) is 13.8 Å². The van der Waals surface area contributed by atoms with Crippen molar-refractivity contribution in [1.82, 2.24) is 9.38 Å². The molecule has 0 amide bonds. The van der Waals surface area contributed by atoms with Crippen molar-refractivity contribution < 1.29 is 4.79 Å². The van der Waals surface area contributed by atoms with Crippen LogP contribution in [-0.2, 0) is 0 Å². The van der Waals surface area contributed by atoms with Crippen LogP contribution in [0.15, 0.2) is 24.5 Å². The monoisotopic (exact) mass is 202 g/mol. The zero-order chi connectivity index (χ0) is 11.0. The molecule has 78 valence electrons. The maximum atomic E-state index is 11.2. The number of aromatic nitrogens is 2. The van der Waals surface area contributed by atoms with E-state index < -0.39 is 0 Å². The number of fused-ring (bicyclic) bond motifs is 1. The second kappa shape index (κ2) is 3.50. The maximum Gasteiger partial charge on any atom is 0.161 e. The zero-order valence-electron chi connectivity index (χ0n) is 9.19. The summed E-state index contributed by atoms with van der Waals surface area (Å²) >= 11 is 0. The van der Waals surface area contributed by atoms with Crippen molar-refractivity contribution in [2.24, 2.45) is 0 Å². The molecule has 0 fully saturated rings. The predicted octanol–water partition coefficient (Wildman–Crippen LogP) is 2.66. The molecule has 0 bridgehead atoms. The first kappa shape index (κ1) is 9.90. The molecule has 0 spiro atoms. The van der Waals surface area contributed by atoms with Crippen LogP contribution in [0.2, 0.25) is 0 Å². The molecule has 0 aliphatic carbocycles. The van der Waals surface area contributed by atoms with E-state index in [9.17, 15) is 4.79 Å². The highest BCUT2D eigenvalue weighted by Crippen LogP contribution is 2.15. The van der Waals surface area contributed by atoms with E-state index in [0.717, 1.165) is 16.9 Å². The van der Waals surface area contributed by atoms with Gasteiger partial charge in [-0.05, 0) is 25.0 Å². The highest BCUT2D eigenvalue weighted by Gasteiger charge is 2.06. The van der Waals surface area contributed by atoms with E-state index in [1.807, 2.05) is 28.9 Å². The average Bonchev–Trinajstić information content (AvgIpc) is 2.59. The summed E-state index contributed by atoms with van der Waals surface area (Å²) < 4.78 is 1.91. The fourth-order valence-corrected chi connectivity index (χ4v) is 1.50. The van der Waals surface area contributed by atoms with Gasteiger partial charge in [0, 0.05) is 18.0 Å². The van der Waals surface area contributed by atoms with E-state index in [0.29, 0.717) is 5.92 Å². The Morgan fingerprint density at radius 1 is 1.33 bits per heavy atom. The minimum atomic E-state index is 0.0803. The number of carbonyl (C=O) groups is 1. The molecule has 15 heavy (non-hydrogen) atoms. The third-order valence-corrected chi connectivity index (χ3v) is 2.47. The van der Waals surface area contributed by atoms with Gasteiger partial charge in [-0.2, -0.15) is 0 Å². The van der Waals surface area contributed by atoms with Crippen molar-refractivity contribution >= 4 is 11.4 Å². The molecule has 0 atom stereocenters. The highest BCUT2D eigenvalue weighted by atomic mass is 16.1. The Hall–Kier alpha value is -1.64. The molecule has 0 saturated heterocycles. The van der Waals surface area contributed by atoms with Gasteiger partial charge in [-0.15, -0.1) is 0 Å². The molecule has 2 heterocycles. The first-order valence-corrected chi connectivity index (χ1v) is 5.07. The molecule has 3 nitrogen and oxygen atoms in total. The lowest BCUT2D eigenvalue weighted by Gasteiger charge is -1.96. The van der Waals surface area contributed by atoms with Gasteiger partial charge in [0.1, 0.15) is 5.65 Å². The summed E-state index contributed by atoms with van der Waals surface area (Å²) in [5.74, 6) is 0.488. The Balaban J connectivity index is 2.57. The predicted molar refractivity (Wildman–Crippen MR) is 59.3 cm³/mol. The molecule has 3 heteroatoms. The fraction of sp³-hybridized carbons (Fsp3) is 0.333. The highest BCUT2D eigenvalue weighted by molar-refractivity contribution is 5.94. The quantitative estimate of drug-likeness (QED) is 0.701. The number of hydrogen-bond acceptors (Lipinski definition) is 2. The summed E-state index contributed by atoms with van der Waals surface area (Å²) in [6, 6.07) is 3.69. The van der Waals surface area contributed by atoms with Gasteiger partial charge in [0.15, 0.2) is 5.78 Å². The molecular weight excluding hydrogens is 188 g/mol. The van der Waals surface area contributed by atoms with Crippen LogP contribution in [0.25, 0.3) is 5.65 Å². The number of Topliss-reactive ketones (excluding diaryl/α,β-unsaturated/α-hetero) is 1. The average molecular weight is 202 g/mol. The second-order valence-electron chi connectivity index (χ2n) is 4.06. The minimum absolute atomic E-state index is 0.0803. The summed E-state index contributed by atoms with van der Waals surface area (Å²) in [5.41, 5.74) is 2.66. The Morgan fingerprint density at radius 3 is 2.67 bits per heavy atom. The number of carbonyl (C=O) groups excluding carboxylic acids is 1. The van der Waals surface area contributed by atoms with E-state index >= 15 is 0 Å². The first-order valence-electron chi connectivity index (χ1n) is 5.07. The summed E-state index contributed by atoms with van der Waals surface area (Å²) in [4.78, 5) is 15.7. The minimum Gasteiger partial charge on any atom is -0.306 e. The van der Waals surface area contributed by atoms with Crippen molar-refractivity contribution in [2.45, 2.75) is 26.7 Å². The SMILES string of the molecule is CC(=O)c1ccc2nc(C(C)C)cn2c1. The third-order valence-electron chi connectivity index (χ3n) is 2.47. The maximum absolute atomic E-state index is 11.2. The van der Waals surface area contributed by atoms with Crippen molar-refractivity contribution in [2.75, 3.05) is 0 Å². The van der Waals surface area contributed by atoms with Crippen molar-refractivity contribution in [1.29, 1.82) is 0 Å². The van der Waals surface area contributed by atoms with E-state index in [1.165, 1.54) is 0 Å². The van der Waals surface area contributed by atoms with Gasteiger partial charge in [0.05, 0.1) is 5.69 Å². The van der Waals surface area contributed by atoms with E-state index in [1.54, 1.807) is 6.92 Å². The third kappa shape index (κ3) is 1.77. The fourth-order valence-electron chi connectivity index (χ4n) is 1.50. The number of ketones is 1. The molecule has 0 unspecified atom stereocenters. The van der Waals surface area contributed by atoms with E-state index in [2.05, 4.69) is 18.8 Å². The van der Waals surface area contributed by atoms with Gasteiger partial charge in [-0.25, -0.2) is 4.98 Å². The first-order chi connectivity index (χ1) is 7.08. The molecule has 2 aromatic rings. The number of nitrogens with zero attached hydrogens (tertiary/aromatic N) is 2. The summed E-state index contributed by atoms with van der Waals surface area (Å²) in [6.07, 6.45) is 3.81. The molecule has 0 saturated carbocycles. The van der Waals surface area contributed by atoms with E-state index in [-0.39, 0.29) is 5.78 Å². The molecule has 0 N–H and O–H groups in total. The molecule has 2 rings (SSSR count). The van der Waals surface area contributed by atoms with Crippen LogP contribution in [0.3, 0.4) is 0 Å². The number of hydrogen-bond donors (Lipinski definition) is 0. The molecular formula is C12H14N2O. The Labute approximate surface area is 88.8 Å². The van der Waals surface area contributed by atoms with Gasteiger partial charge in [-0.3, -0.25) is 4.79 Å². The van der Waals surface area contributed by atoms with Crippen molar-refractivity contribution in [3.05, 3.63) is 35.8 Å². The van der Waals surface area contributed by atoms with Crippen LogP contribution in [0, 0.1) is 0 Å². The molecule has 2 aromatic heterocycles. The van der Waals surface area contributed by atoms with Crippen LogP contribution in [0.5, 0.6) is 0 Å². The van der Waals surface area contributed by atoms with E-state index in [4.69, 9.17) is 0 Å². The summed E-state index contributed by atoms with van der Waals surface area (Å²) in [5, 5.41) is 0. The molecule has 0 aliphatic heterocycles. The zero-order valence-corrected chi connectivity index (χ0v) is 9.19. The van der Waals surface area contributed by atoms with Crippen LogP contribution in [-0.4, -0.2) is 15.2 Å². The van der Waals surface area contributed by atoms with Crippen molar-refractivity contribution in [3.8, 4) is 0 Å². The molecule has 0 aromatic carbocycles. The smallest absolute Gasteiger partial charge is 0.161 e. The van der Waals surface area contributed by atoms with Crippen molar-refractivity contribution in [3.63, 3.8) is 0 Å². The lowest BCUT2D eigenvalue weighted by Crippen LogP contribution is -1.94. The lowest BCUT2D eigenvalue weighted by atomic mass is 10.2. The van der Waals surface area contributed by atoms with Crippen LogP contribution >= 0.6 is 0 Å². The Bertz CT molecular complexity index is 511. The topological polar surface area (TPSA) is 34.4 Å². The molecule has 0 aliphatic rings. The Morgan fingerprint density at radius 2 is 2.07 bits per heavy atom. The Kier molecular flexibility index (Phi) is 2.31. The largest absolute Gasteiger partial charge is 0.306 e. The van der Waals surface area contributed by atoms with Gasteiger partial charge in [0.2, 0.25) is 0 Å². The van der Waals surface area contributed by atoms with Crippen LogP contribution in [0.1, 0.15) is 42.7 Å². The standard InChI is InChI=1S/C12H14N2O/c1-8(2)11-7-14-6-10(9(3)15)4-5-12(14)13-11/h4-8H,1-3H3. The van der Waals surface area contributed by atoms with Gasteiger partial charge in [0.25, 0.3) is 0 Å². The van der Waals surface area contributed by atoms with Gasteiger partial charge < -0.3 is 4.40 Å². The summed E-state index contributed by atoms with van der Waals surface area (Å²) in [7, 11) is 0. The van der Waals surface area contributed by atoms with Crippen LogP contribution < -0.4 is 0 Å². The van der Waals surface area contributed by atoms with Gasteiger partial charge >= 0.3 is 0 Å². The second-order valence-corrected chi connectivity index (χ2v) is 4.06. The normalized spacial score (nSPS) is 11.2. The number of imidazole rings is 1. The molecule has 0 radical (unpaired) electrons. The number of pyridine rings is 1.